The molecule has 0 amide bonds. The van der Waals surface area contributed by atoms with Crippen LogP contribution < -0.4 is 0 Å². The fourth-order valence-corrected chi connectivity index (χ4v) is 2.38. The Morgan fingerprint density at radius 3 is 2.50 bits per heavy atom. The molecule has 1 N–H and O–H groups in total. The van der Waals surface area contributed by atoms with Crippen molar-refractivity contribution in [1.82, 2.24) is 0 Å². The highest BCUT2D eigenvalue weighted by atomic mass is 19.1. The van der Waals surface area contributed by atoms with Crippen LogP contribution in [-0.2, 0) is 0 Å². The van der Waals surface area contributed by atoms with E-state index in [0.29, 0.717) is 11.1 Å². The molecule has 0 bridgehead atoms. The van der Waals surface area contributed by atoms with Gasteiger partial charge in [-0.2, -0.15) is 0 Å². The molecule has 0 spiro atoms. The first-order valence-corrected chi connectivity index (χ1v) is 6.58. The van der Waals surface area contributed by atoms with E-state index in [0.717, 1.165) is 5.56 Å². The quantitative estimate of drug-likeness (QED) is 0.764. The van der Waals surface area contributed by atoms with E-state index in [2.05, 4.69) is 0 Å². The largest absolute Gasteiger partial charge is 0.455 e. The molecule has 2 nitrogen and oxygen atoms in total. The van der Waals surface area contributed by atoms with Gasteiger partial charge in [-0.05, 0) is 17.7 Å². The number of halogens is 1. The highest BCUT2D eigenvalue weighted by Gasteiger charge is 2.22. The van der Waals surface area contributed by atoms with Gasteiger partial charge in [0, 0.05) is 11.3 Å². The third kappa shape index (κ3) is 2.21. The van der Waals surface area contributed by atoms with E-state index in [1.807, 2.05) is 37.3 Å². The Balaban J connectivity index is 1.96. The van der Waals surface area contributed by atoms with E-state index in [1.165, 1.54) is 6.07 Å². The third-order valence-corrected chi connectivity index (χ3v) is 3.61. The van der Waals surface area contributed by atoms with Crippen LogP contribution in [0.5, 0.6) is 0 Å². The van der Waals surface area contributed by atoms with Crippen molar-refractivity contribution in [2.45, 2.75) is 18.9 Å². The third-order valence-electron chi connectivity index (χ3n) is 3.61. The van der Waals surface area contributed by atoms with Gasteiger partial charge in [0.15, 0.2) is 11.4 Å². The predicted molar refractivity (Wildman–Crippen MR) is 76.0 cm³/mol. The number of rotatable bonds is 3. The molecule has 2 atom stereocenters. The predicted octanol–water partition coefficient (Wildman–Crippen LogP) is 4.41. The van der Waals surface area contributed by atoms with E-state index in [1.54, 1.807) is 18.2 Å². The van der Waals surface area contributed by atoms with Gasteiger partial charge in [-0.15, -0.1) is 0 Å². The number of aliphatic hydroxyl groups is 1. The summed E-state index contributed by atoms with van der Waals surface area (Å²) >= 11 is 0. The van der Waals surface area contributed by atoms with Gasteiger partial charge in [0.1, 0.15) is 11.9 Å². The second kappa shape index (κ2) is 5.10. The summed E-state index contributed by atoms with van der Waals surface area (Å²) in [5, 5.41) is 11.1. The summed E-state index contributed by atoms with van der Waals surface area (Å²) in [6, 6.07) is 16.1. The van der Waals surface area contributed by atoms with Gasteiger partial charge in [-0.3, -0.25) is 0 Å². The second-order valence-electron chi connectivity index (χ2n) is 4.95. The van der Waals surface area contributed by atoms with Gasteiger partial charge in [0.2, 0.25) is 0 Å². The topological polar surface area (TPSA) is 33.4 Å². The molecule has 3 heteroatoms. The normalized spacial score (nSPS) is 14.3. The Bertz CT molecular complexity index is 718. The lowest BCUT2D eigenvalue weighted by atomic mass is 9.94. The summed E-state index contributed by atoms with van der Waals surface area (Å²) in [6.45, 7) is 1.92. The standard InChI is InChI=1S/C17H15FO2/c1-11(12-6-3-2-4-7-12)16(19)15-10-13-8-5-9-14(18)17(13)20-15/h2-11,16,19H,1H3. The summed E-state index contributed by atoms with van der Waals surface area (Å²) < 4.78 is 19.1. The molecule has 2 unspecified atom stereocenters. The Hall–Kier alpha value is -2.13. The summed E-state index contributed by atoms with van der Waals surface area (Å²) in [5.74, 6) is -0.144. The SMILES string of the molecule is CC(c1ccccc1)C(O)c1cc2cccc(F)c2o1. The maximum atomic E-state index is 13.6. The molecule has 0 saturated heterocycles. The van der Waals surface area contributed by atoms with Crippen molar-refractivity contribution < 1.29 is 13.9 Å². The van der Waals surface area contributed by atoms with Gasteiger partial charge in [0.05, 0.1) is 0 Å². The Kier molecular flexibility index (Phi) is 3.28. The number of hydrogen-bond acceptors (Lipinski definition) is 2. The van der Waals surface area contributed by atoms with Crippen molar-refractivity contribution in [2.24, 2.45) is 0 Å². The average molecular weight is 270 g/mol. The van der Waals surface area contributed by atoms with Crippen molar-refractivity contribution in [3.05, 3.63) is 71.7 Å². The lowest BCUT2D eigenvalue weighted by Crippen LogP contribution is -2.06. The number of furan rings is 1. The fourth-order valence-electron chi connectivity index (χ4n) is 2.38. The first-order chi connectivity index (χ1) is 9.66. The number of fused-ring (bicyclic) bond motifs is 1. The summed E-state index contributed by atoms with van der Waals surface area (Å²) in [6.07, 6.45) is -0.802. The Labute approximate surface area is 116 Å². The highest BCUT2D eigenvalue weighted by molar-refractivity contribution is 5.78. The molecule has 0 aliphatic rings. The smallest absolute Gasteiger partial charge is 0.170 e. The van der Waals surface area contributed by atoms with Crippen molar-refractivity contribution >= 4 is 11.0 Å². The van der Waals surface area contributed by atoms with Gasteiger partial charge in [-0.1, -0.05) is 49.4 Å². The molecule has 0 fully saturated rings. The van der Waals surface area contributed by atoms with Crippen molar-refractivity contribution in [3.63, 3.8) is 0 Å². The first-order valence-electron chi connectivity index (χ1n) is 6.58. The molecule has 102 valence electrons. The summed E-state index contributed by atoms with van der Waals surface area (Å²) in [4.78, 5) is 0. The monoisotopic (exact) mass is 270 g/mol. The molecule has 0 aliphatic carbocycles. The van der Waals surface area contributed by atoms with Crippen molar-refractivity contribution in [3.8, 4) is 0 Å². The minimum atomic E-state index is -0.802. The number of hydrogen-bond donors (Lipinski definition) is 1. The lowest BCUT2D eigenvalue weighted by Gasteiger charge is -2.17. The molecule has 2 aromatic carbocycles. The highest BCUT2D eigenvalue weighted by Crippen LogP contribution is 2.34. The van der Waals surface area contributed by atoms with Gasteiger partial charge in [0.25, 0.3) is 0 Å². The van der Waals surface area contributed by atoms with E-state index in [4.69, 9.17) is 4.42 Å². The van der Waals surface area contributed by atoms with Crippen LogP contribution in [0.2, 0.25) is 0 Å². The van der Waals surface area contributed by atoms with Crippen LogP contribution in [0.3, 0.4) is 0 Å². The molecule has 1 heterocycles. The van der Waals surface area contributed by atoms with Gasteiger partial charge < -0.3 is 9.52 Å². The van der Waals surface area contributed by atoms with Gasteiger partial charge >= 0.3 is 0 Å². The minimum Gasteiger partial charge on any atom is -0.455 e. The maximum Gasteiger partial charge on any atom is 0.170 e. The second-order valence-corrected chi connectivity index (χ2v) is 4.95. The molecule has 0 saturated carbocycles. The maximum absolute atomic E-state index is 13.6. The Morgan fingerprint density at radius 1 is 1.05 bits per heavy atom. The van der Waals surface area contributed by atoms with Crippen LogP contribution in [0.4, 0.5) is 4.39 Å². The van der Waals surface area contributed by atoms with E-state index in [9.17, 15) is 9.50 Å². The molecule has 3 aromatic rings. The fraction of sp³-hybridized carbons (Fsp3) is 0.176. The summed E-state index contributed by atoms with van der Waals surface area (Å²) in [5.41, 5.74) is 1.21. The lowest BCUT2D eigenvalue weighted by molar-refractivity contribution is 0.127. The minimum absolute atomic E-state index is 0.125. The van der Waals surface area contributed by atoms with Crippen LogP contribution in [0.25, 0.3) is 11.0 Å². The first kappa shape index (κ1) is 12.9. The van der Waals surface area contributed by atoms with Crippen LogP contribution in [0.15, 0.2) is 59.0 Å². The Morgan fingerprint density at radius 2 is 1.80 bits per heavy atom. The number of para-hydroxylation sites is 1. The molecular formula is C17H15FO2. The van der Waals surface area contributed by atoms with E-state index < -0.39 is 11.9 Å². The summed E-state index contributed by atoms with van der Waals surface area (Å²) in [7, 11) is 0. The van der Waals surface area contributed by atoms with E-state index in [-0.39, 0.29) is 11.5 Å². The molecule has 0 aliphatic heterocycles. The number of benzene rings is 2. The van der Waals surface area contributed by atoms with Crippen molar-refractivity contribution in [2.75, 3.05) is 0 Å². The average Bonchev–Trinajstić information content (AvgIpc) is 2.92. The van der Waals surface area contributed by atoms with Crippen LogP contribution in [-0.4, -0.2) is 5.11 Å². The van der Waals surface area contributed by atoms with Crippen molar-refractivity contribution in [1.29, 1.82) is 0 Å². The van der Waals surface area contributed by atoms with Crippen LogP contribution in [0, 0.1) is 5.82 Å². The molecular weight excluding hydrogens is 255 g/mol. The van der Waals surface area contributed by atoms with Crippen LogP contribution in [0.1, 0.15) is 30.3 Å². The van der Waals surface area contributed by atoms with Crippen LogP contribution >= 0.6 is 0 Å². The zero-order valence-corrected chi connectivity index (χ0v) is 11.1. The molecule has 20 heavy (non-hydrogen) atoms. The molecule has 0 radical (unpaired) electrons. The zero-order valence-electron chi connectivity index (χ0n) is 11.1. The zero-order chi connectivity index (χ0) is 14.1. The van der Waals surface area contributed by atoms with E-state index >= 15 is 0 Å². The molecule has 1 aromatic heterocycles. The number of aliphatic hydroxyl groups excluding tert-OH is 1. The molecule has 3 rings (SSSR count). The van der Waals surface area contributed by atoms with Gasteiger partial charge in [-0.25, -0.2) is 4.39 Å².